The molecule has 0 spiro atoms. The maximum Gasteiger partial charge on any atom is 0.0685 e. The molecule has 4 aliphatic carbocycles. The van der Waals surface area contributed by atoms with E-state index >= 15 is 0 Å². The van der Waals surface area contributed by atoms with Crippen molar-refractivity contribution in [2.45, 2.75) is 56.1 Å². The standard InChI is InChI=1S/C12H20O2/c1-14-12-3-2-11(13)5-9(7-12)4-10(6-11)8-12/h9-10,13H,2-8H2,1H3. The summed E-state index contributed by atoms with van der Waals surface area (Å²) in [6.45, 7) is 0. The summed E-state index contributed by atoms with van der Waals surface area (Å²) in [5, 5.41) is 10.4. The van der Waals surface area contributed by atoms with Gasteiger partial charge >= 0.3 is 0 Å². The van der Waals surface area contributed by atoms with E-state index in [1.165, 1.54) is 19.3 Å². The monoisotopic (exact) mass is 196 g/mol. The van der Waals surface area contributed by atoms with Crippen molar-refractivity contribution in [1.29, 1.82) is 0 Å². The predicted molar refractivity (Wildman–Crippen MR) is 54.0 cm³/mol. The van der Waals surface area contributed by atoms with Crippen LogP contribution in [-0.2, 0) is 4.74 Å². The third-order valence-corrected chi connectivity index (χ3v) is 4.80. The van der Waals surface area contributed by atoms with Gasteiger partial charge in [-0.25, -0.2) is 0 Å². The maximum absolute atomic E-state index is 10.4. The SMILES string of the molecule is COC12CCC3(O)CC(CC(C3)C1)C2. The van der Waals surface area contributed by atoms with Crippen LogP contribution < -0.4 is 0 Å². The summed E-state index contributed by atoms with van der Waals surface area (Å²) < 4.78 is 5.76. The third-order valence-electron chi connectivity index (χ3n) is 4.80. The Morgan fingerprint density at radius 1 is 1.07 bits per heavy atom. The van der Waals surface area contributed by atoms with Gasteiger partial charge in [0.15, 0.2) is 0 Å². The summed E-state index contributed by atoms with van der Waals surface area (Å²) in [5.74, 6) is 1.46. The topological polar surface area (TPSA) is 29.5 Å². The van der Waals surface area contributed by atoms with E-state index in [1.54, 1.807) is 0 Å². The van der Waals surface area contributed by atoms with E-state index in [4.69, 9.17) is 4.74 Å². The molecule has 4 rings (SSSR count). The van der Waals surface area contributed by atoms with Crippen LogP contribution in [0.15, 0.2) is 0 Å². The molecular weight excluding hydrogens is 176 g/mol. The van der Waals surface area contributed by atoms with Crippen LogP contribution in [-0.4, -0.2) is 23.4 Å². The molecule has 4 fully saturated rings. The van der Waals surface area contributed by atoms with Gasteiger partial charge in [-0.1, -0.05) is 0 Å². The first-order valence-corrected chi connectivity index (χ1v) is 5.91. The van der Waals surface area contributed by atoms with Crippen LogP contribution in [0.1, 0.15) is 44.9 Å². The smallest absolute Gasteiger partial charge is 0.0685 e. The molecule has 0 saturated heterocycles. The second kappa shape index (κ2) is 2.73. The van der Waals surface area contributed by atoms with E-state index in [1.807, 2.05) is 7.11 Å². The summed E-state index contributed by atoms with van der Waals surface area (Å²) in [7, 11) is 1.86. The lowest BCUT2D eigenvalue weighted by molar-refractivity contribution is -0.0891. The molecule has 0 amide bonds. The van der Waals surface area contributed by atoms with Crippen molar-refractivity contribution in [2.24, 2.45) is 11.8 Å². The van der Waals surface area contributed by atoms with Gasteiger partial charge in [-0.15, -0.1) is 0 Å². The molecule has 0 radical (unpaired) electrons. The average Bonchev–Trinajstić information content (AvgIpc) is 2.28. The first-order chi connectivity index (χ1) is 6.63. The van der Waals surface area contributed by atoms with E-state index < -0.39 is 0 Å². The van der Waals surface area contributed by atoms with Crippen LogP contribution in [0.5, 0.6) is 0 Å². The molecule has 2 nitrogen and oxygen atoms in total. The Bertz CT molecular complexity index is 235. The van der Waals surface area contributed by atoms with Gasteiger partial charge in [0.25, 0.3) is 0 Å². The molecule has 0 aromatic carbocycles. The lowest BCUT2D eigenvalue weighted by Gasteiger charge is -2.46. The third kappa shape index (κ3) is 1.24. The van der Waals surface area contributed by atoms with Gasteiger partial charge in [0.05, 0.1) is 11.2 Å². The molecular formula is C12H20O2. The number of rotatable bonds is 1. The fourth-order valence-electron chi connectivity index (χ4n) is 4.38. The Balaban J connectivity index is 1.96. The largest absolute Gasteiger partial charge is 0.390 e. The molecule has 4 aliphatic rings. The van der Waals surface area contributed by atoms with Crippen molar-refractivity contribution in [1.82, 2.24) is 0 Å². The van der Waals surface area contributed by atoms with Crippen molar-refractivity contribution in [2.75, 3.05) is 7.11 Å². The second-order valence-corrected chi connectivity index (χ2v) is 5.90. The zero-order chi connectivity index (χ0) is 9.81. The Morgan fingerprint density at radius 3 is 2.29 bits per heavy atom. The molecule has 0 heterocycles. The fourth-order valence-corrected chi connectivity index (χ4v) is 4.38. The average molecular weight is 196 g/mol. The molecule has 0 aromatic heterocycles. The maximum atomic E-state index is 10.4. The van der Waals surface area contributed by atoms with Gasteiger partial charge in [0.2, 0.25) is 0 Å². The fraction of sp³-hybridized carbons (Fsp3) is 1.00. The zero-order valence-electron chi connectivity index (χ0n) is 8.96. The number of methoxy groups -OCH3 is 1. The van der Waals surface area contributed by atoms with E-state index in [0.29, 0.717) is 0 Å². The summed E-state index contributed by atoms with van der Waals surface area (Å²) in [6.07, 6.45) is 7.85. The van der Waals surface area contributed by atoms with Crippen molar-refractivity contribution >= 4 is 0 Å². The minimum Gasteiger partial charge on any atom is -0.390 e. The van der Waals surface area contributed by atoms with Crippen LogP contribution in [0.4, 0.5) is 0 Å². The zero-order valence-corrected chi connectivity index (χ0v) is 8.96. The van der Waals surface area contributed by atoms with Gasteiger partial charge in [-0.3, -0.25) is 0 Å². The molecule has 0 aliphatic heterocycles. The van der Waals surface area contributed by atoms with Gasteiger partial charge < -0.3 is 9.84 Å². The van der Waals surface area contributed by atoms with Crippen molar-refractivity contribution in [3.63, 3.8) is 0 Å². The van der Waals surface area contributed by atoms with E-state index in [-0.39, 0.29) is 11.2 Å². The van der Waals surface area contributed by atoms with E-state index in [2.05, 4.69) is 0 Å². The van der Waals surface area contributed by atoms with Gasteiger partial charge in [0.1, 0.15) is 0 Å². The van der Waals surface area contributed by atoms with Crippen molar-refractivity contribution in [3.8, 4) is 0 Å². The van der Waals surface area contributed by atoms with Crippen LogP contribution in [0, 0.1) is 11.8 Å². The Kier molecular flexibility index (Phi) is 1.79. The van der Waals surface area contributed by atoms with Crippen LogP contribution in [0.25, 0.3) is 0 Å². The lowest BCUT2D eigenvalue weighted by atomic mass is 9.65. The lowest BCUT2D eigenvalue weighted by Crippen LogP contribution is -2.43. The van der Waals surface area contributed by atoms with Crippen LogP contribution in [0.2, 0.25) is 0 Å². The van der Waals surface area contributed by atoms with Crippen molar-refractivity contribution < 1.29 is 9.84 Å². The first kappa shape index (κ1) is 9.17. The minimum absolute atomic E-state index is 0.133. The molecule has 1 N–H and O–H groups in total. The molecule has 2 unspecified atom stereocenters. The van der Waals surface area contributed by atoms with E-state index in [0.717, 1.165) is 37.5 Å². The number of hydrogen-bond acceptors (Lipinski definition) is 2. The van der Waals surface area contributed by atoms with Crippen molar-refractivity contribution in [3.05, 3.63) is 0 Å². The van der Waals surface area contributed by atoms with Gasteiger partial charge in [-0.2, -0.15) is 0 Å². The second-order valence-electron chi connectivity index (χ2n) is 5.90. The Labute approximate surface area is 85.6 Å². The molecule has 0 aromatic rings. The summed E-state index contributed by atoms with van der Waals surface area (Å²) in [6, 6.07) is 0. The minimum atomic E-state index is -0.329. The Hall–Kier alpha value is -0.0800. The number of hydrogen-bond donors (Lipinski definition) is 1. The molecule has 4 bridgehead atoms. The summed E-state index contributed by atoms with van der Waals surface area (Å²) in [5.41, 5.74) is -0.196. The highest BCUT2D eigenvalue weighted by Crippen LogP contribution is 2.55. The summed E-state index contributed by atoms with van der Waals surface area (Å²) >= 11 is 0. The summed E-state index contributed by atoms with van der Waals surface area (Å²) in [4.78, 5) is 0. The molecule has 2 heteroatoms. The predicted octanol–water partition coefficient (Wildman–Crippen LogP) is 2.11. The molecule has 4 saturated carbocycles. The Morgan fingerprint density at radius 2 is 1.71 bits per heavy atom. The number of ether oxygens (including phenoxy) is 1. The molecule has 2 atom stereocenters. The van der Waals surface area contributed by atoms with Gasteiger partial charge in [-0.05, 0) is 56.8 Å². The number of aliphatic hydroxyl groups is 1. The van der Waals surface area contributed by atoms with Gasteiger partial charge in [0, 0.05) is 7.11 Å². The highest BCUT2D eigenvalue weighted by atomic mass is 16.5. The number of fused-ring (bicyclic) bond motifs is 1. The normalized spacial score (nSPS) is 56.1. The molecule has 80 valence electrons. The van der Waals surface area contributed by atoms with Crippen LogP contribution >= 0.6 is 0 Å². The molecule has 14 heavy (non-hydrogen) atoms. The quantitative estimate of drug-likeness (QED) is 0.696. The highest BCUT2D eigenvalue weighted by molar-refractivity contribution is 5.05. The van der Waals surface area contributed by atoms with E-state index in [9.17, 15) is 5.11 Å². The highest BCUT2D eigenvalue weighted by Gasteiger charge is 2.52. The first-order valence-electron chi connectivity index (χ1n) is 5.91. The van der Waals surface area contributed by atoms with Crippen LogP contribution in [0.3, 0.4) is 0 Å².